The van der Waals surface area contributed by atoms with Crippen molar-refractivity contribution in [3.63, 3.8) is 0 Å². The van der Waals surface area contributed by atoms with Crippen molar-refractivity contribution in [2.75, 3.05) is 5.01 Å². The minimum Gasteiger partial charge on any atom is -0.505 e. The third kappa shape index (κ3) is 4.01. The van der Waals surface area contributed by atoms with Crippen molar-refractivity contribution in [2.24, 2.45) is 0 Å². The first-order valence-corrected chi connectivity index (χ1v) is 12.0. The second-order valence-electron chi connectivity index (χ2n) is 7.84. The van der Waals surface area contributed by atoms with Gasteiger partial charge in [0.1, 0.15) is 5.75 Å². The van der Waals surface area contributed by atoms with E-state index < -0.39 is 16.3 Å². The van der Waals surface area contributed by atoms with Crippen LogP contribution in [0.1, 0.15) is 11.1 Å². The Morgan fingerprint density at radius 3 is 2.24 bits per heavy atom. The summed E-state index contributed by atoms with van der Waals surface area (Å²) in [4.78, 5) is 16.8. The fraction of sp³-hybridized carbons (Fsp3) is 0.0800. The van der Waals surface area contributed by atoms with Crippen LogP contribution in [-0.4, -0.2) is 18.8 Å². The third-order valence-electron chi connectivity index (χ3n) is 5.62. The average Bonchev–Trinajstić information content (AvgIpc) is 2.82. The zero-order chi connectivity index (χ0) is 23.0. The smallest absolute Gasteiger partial charge is 0.280 e. The summed E-state index contributed by atoms with van der Waals surface area (Å²) in [5, 5.41) is 12.3. The van der Waals surface area contributed by atoms with Gasteiger partial charge in [-0.05, 0) is 22.8 Å². The summed E-state index contributed by atoms with van der Waals surface area (Å²) >= 11 is 0. The molecule has 8 heteroatoms. The maximum atomic E-state index is 13.8. The monoisotopic (exact) mass is 461 g/mol. The summed E-state index contributed by atoms with van der Waals surface area (Å²) < 4.78 is 22.9. The lowest BCUT2D eigenvalue weighted by Crippen LogP contribution is -2.46. The fourth-order valence-electron chi connectivity index (χ4n) is 4.09. The lowest BCUT2D eigenvalue weighted by atomic mass is 10.1. The minimum atomic E-state index is -3.39. The number of rotatable bonds is 4. The molecule has 4 N–H and O–H groups in total. The van der Waals surface area contributed by atoms with Crippen molar-refractivity contribution >= 4 is 16.5 Å². The first-order chi connectivity index (χ1) is 15.9. The molecular formula is C25H23N3O4S. The van der Waals surface area contributed by atoms with E-state index in [0.29, 0.717) is 16.2 Å². The molecule has 168 valence electrons. The molecule has 2 heterocycles. The van der Waals surface area contributed by atoms with Gasteiger partial charge in [0.25, 0.3) is 5.56 Å². The SMILES string of the molecule is O=c1c(N2Cc3ccccc3S(O)(O)N2)c(O)cc(-c2ccccc2)n1Cc1ccccc1. The van der Waals surface area contributed by atoms with Gasteiger partial charge in [-0.3, -0.25) is 18.9 Å². The Kier molecular flexibility index (Phi) is 5.43. The first-order valence-electron chi connectivity index (χ1n) is 10.4. The second kappa shape index (κ2) is 8.42. The summed E-state index contributed by atoms with van der Waals surface area (Å²) in [6.45, 7) is 0.475. The molecule has 0 unspecified atom stereocenters. The molecule has 0 spiro atoms. The van der Waals surface area contributed by atoms with Crippen LogP contribution in [-0.2, 0) is 13.1 Å². The van der Waals surface area contributed by atoms with Crippen LogP contribution in [0.5, 0.6) is 5.75 Å². The lowest BCUT2D eigenvalue weighted by molar-refractivity contribution is 0.446. The number of nitrogens with zero attached hydrogens (tertiary/aromatic N) is 2. The highest BCUT2D eigenvalue weighted by atomic mass is 32.3. The van der Waals surface area contributed by atoms with E-state index in [0.717, 1.165) is 11.1 Å². The first kappa shape index (κ1) is 21.3. The molecule has 33 heavy (non-hydrogen) atoms. The largest absolute Gasteiger partial charge is 0.505 e. The van der Waals surface area contributed by atoms with Crippen molar-refractivity contribution in [2.45, 2.75) is 18.0 Å². The summed E-state index contributed by atoms with van der Waals surface area (Å²) in [6.07, 6.45) is 0. The number of benzene rings is 3. The predicted molar refractivity (Wildman–Crippen MR) is 130 cm³/mol. The van der Waals surface area contributed by atoms with Crippen LogP contribution in [0.25, 0.3) is 11.3 Å². The molecule has 4 aromatic rings. The number of aromatic nitrogens is 1. The van der Waals surface area contributed by atoms with Gasteiger partial charge in [0.2, 0.25) is 0 Å². The van der Waals surface area contributed by atoms with Gasteiger partial charge >= 0.3 is 0 Å². The molecule has 1 aliphatic heterocycles. The summed E-state index contributed by atoms with van der Waals surface area (Å²) in [5.41, 5.74) is 2.45. The highest BCUT2D eigenvalue weighted by molar-refractivity contribution is 8.22. The molecule has 0 fully saturated rings. The Morgan fingerprint density at radius 1 is 0.879 bits per heavy atom. The zero-order valence-electron chi connectivity index (χ0n) is 17.6. The number of hydrazine groups is 1. The highest BCUT2D eigenvalue weighted by Crippen LogP contribution is 2.50. The van der Waals surface area contributed by atoms with E-state index >= 15 is 0 Å². The normalized spacial score (nSPS) is 15.6. The van der Waals surface area contributed by atoms with E-state index in [-0.39, 0.29) is 24.5 Å². The van der Waals surface area contributed by atoms with Gasteiger partial charge in [-0.1, -0.05) is 89.6 Å². The van der Waals surface area contributed by atoms with Crippen LogP contribution in [0.4, 0.5) is 5.69 Å². The van der Waals surface area contributed by atoms with E-state index in [2.05, 4.69) is 4.83 Å². The fourth-order valence-corrected chi connectivity index (χ4v) is 5.42. The number of nitrogens with one attached hydrogen (secondary N) is 1. The van der Waals surface area contributed by atoms with Crippen molar-refractivity contribution in [1.82, 2.24) is 9.40 Å². The second-order valence-corrected chi connectivity index (χ2v) is 9.56. The molecule has 0 atom stereocenters. The van der Waals surface area contributed by atoms with Gasteiger partial charge in [0.05, 0.1) is 23.7 Å². The maximum Gasteiger partial charge on any atom is 0.280 e. The van der Waals surface area contributed by atoms with Gasteiger partial charge in [-0.15, -0.1) is 4.83 Å². The molecule has 0 amide bonds. The number of anilines is 1. The van der Waals surface area contributed by atoms with Gasteiger partial charge in [-0.2, -0.15) is 0 Å². The van der Waals surface area contributed by atoms with E-state index in [9.17, 15) is 19.0 Å². The number of hydrogen-bond acceptors (Lipinski definition) is 6. The van der Waals surface area contributed by atoms with Gasteiger partial charge in [0.15, 0.2) is 5.69 Å². The summed E-state index contributed by atoms with van der Waals surface area (Å²) in [5.74, 6) is -0.245. The van der Waals surface area contributed by atoms with Crippen LogP contribution >= 0.6 is 10.8 Å². The van der Waals surface area contributed by atoms with E-state index in [1.54, 1.807) is 34.9 Å². The molecule has 1 aromatic heterocycles. The zero-order valence-corrected chi connectivity index (χ0v) is 18.4. The highest BCUT2D eigenvalue weighted by Gasteiger charge is 2.32. The number of pyridine rings is 1. The molecule has 0 aliphatic carbocycles. The van der Waals surface area contributed by atoms with E-state index in [4.69, 9.17) is 0 Å². The number of hydrogen-bond donors (Lipinski definition) is 4. The molecular weight excluding hydrogens is 438 g/mol. The lowest BCUT2D eigenvalue weighted by Gasteiger charge is -2.44. The third-order valence-corrected chi connectivity index (χ3v) is 7.11. The number of fused-ring (bicyclic) bond motifs is 1. The van der Waals surface area contributed by atoms with Crippen LogP contribution in [0.3, 0.4) is 0 Å². The van der Waals surface area contributed by atoms with E-state index in [1.807, 2.05) is 60.7 Å². The minimum absolute atomic E-state index is 0.0416. The Morgan fingerprint density at radius 2 is 1.52 bits per heavy atom. The van der Waals surface area contributed by atoms with Crippen molar-refractivity contribution in [1.29, 1.82) is 0 Å². The Labute approximate surface area is 192 Å². The van der Waals surface area contributed by atoms with Crippen molar-refractivity contribution < 1.29 is 14.2 Å². The average molecular weight is 462 g/mol. The molecule has 0 saturated carbocycles. The summed E-state index contributed by atoms with van der Waals surface area (Å²) in [6, 6.07) is 27.4. The van der Waals surface area contributed by atoms with Crippen molar-refractivity contribution in [3.8, 4) is 17.0 Å². The Bertz CT molecular complexity index is 1360. The van der Waals surface area contributed by atoms with Crippen LogP contribution < -0.4 is 15.4 Å². The van der Waals surface area contributed by atoms with Crippen LogP contribution in [0, 0.1) is 0 Å². The van der Waals surface area contributed by atoms with E-state index in [1.165, 1.54) is 5.01 Å². The molecule has 5 rings (SSSR count). The van der Waals surface area contributed by atoms with Crippen LogP contribution in [0.15, 0.2) is 101 Å². The molecule has 3 aromatic carbocycles. The Hall–Kier alpha value is -3.56. The van der Waals surface area contributed by atoms with Crippen molar-refractivity contribution in [3.05, 3.63) is 112 Å². The molecule has 0 saturated heterocycles. The van der Waals surface area contributed by atoms with Gasteiger partial charge in [-0.25, -0.2) is 0 Å². The van der Waals surface area contributed by atoms with Gasteiger partial charge in [0, 0.05) is 6.07 Å². The molecule has 7 nitrogen and oxygen atoms in total. The standard InChI is InChI=1S/C25H23N3O4S/c29-22-15-21(19-11-5-2-6-12-19)27(16-18-9-3-1-4-10-18)25(30)24(22)28-17-20-13-7-8-14-23(20)33(31,32)26-28/h1-15,26,29,31-32H,16-17H2. The molecule has 0 bridgehead atoms. The predicted octanol–water partition coefficient (Wildman–Crippen LogP) is 4.82. The topological polar surface area (TPSA) is 98.0 Å². The van der Waals surface area contributed by atoms with Crippen LogP contribution in [0.2, 0.25) is 0 Å². The summed E-state index contributed by atoms with van der Waals surface area (Å²) in [7, 11) is -3.39. The van der Waals surface area contributed by atoms with Gasteiger partial charge < -0.3 is 9.67 Å². The molecule has 0 radical (unpaired) electrons. The molecule has 1 aliphatic rings. The maximum absolute atomic E-state index is 13.8. The Balaban J connectivity index is 1.67. The number of aromatic hydroxyl groups is 1. The quantitative estimate of drug-likeness (QED) is 0.348.